The second-order valence-electron chi connectivity index (χ2n) is 9.73. The van der Waals surface area contributed by atoms with E-state index in [0.717, 1.165) is 32.1 Å². The molecule has 0 spiro atoms. The quantitative estimate of drug-likeness (QED) is 0.750. The second-order valence-corrected chi connectivity index (χ2v) is 9.73. The lowest BCUT2D eigenvalue weighted by molar-refractivity contribution is -0.193. The van der Waals surface area contributed by atoms with E-state index in [4.69, 9.17) is 10.5 Å². The minimum Gasteiger partial charge on any atom is -0.446 e. The molecule has 2 aliphatic carbocycles. The van der Waals surface area contributed by atoms with Crippen LogP contribution in [0.5, 0.6) is 0 Å². The van der Waals surface area contributed by atoms with Crippen molar-refractivity contribution in [3.63, 3.8) is 0 Å². The molecule has 2 rings (SSSR count). The van der Waals surface area contributed by atoms with Gasteiger partial charge in [0.2, 0.25) is 0 Å². The summed E-state index contributed by atoms with van der Waals surface area (Å²) in [6, 6.07) is 0. The molecule has 0 aromatic heterocycles. The van der Waals surface area contributed by atoms with Gasteiger partial charge in [-0.2, -0.15) is 0 Å². The summed E-state index contributed by atoms with van der Waals surface area (Å²) in [5.74, 6) is 1.59. The highest BCUT2D eigenvalue weighted by atomic mass is 16.6. The molecule has 25 heavy (non-hydrogen) atoms. The fourth-order valence-electron chi connectivity index (χ4n) is 5.97. The van der Waals surface area contributed by atoms with Gasteiger partial charge in [-0.15, -0.1) is 0 Å². The molecule has 2 saturated carbocycles. The molecule has 146 valence electrons. The number of hydrogen-bond acceptors (Lipinski definition) is 3. The number of ether oxygens (including phenoxy) is 1. The first-order chi connectivity index (χ1) is 11.5. The molecule has 2 fully saturated rings. The Hall–Kier alpha value is -0.770. The van der Waals surface area contributed by atoms with Crippen molar-refractivity contribution in [2.24, 2.45) is 40.2 Å². The highest BCUT2D eigenvalue weighted by molar-refractivity contribution is 5.64. The maximum atomic E-state index is 11.4. The molecule has 7 atom stereocenters. The first-order valence-corrected chi connectivity index (χ1v) is 10.2. The molecule has 3 N–H and O–H groups in total. The number of amides is 1. The summed E-state index contributed by atoms with van der Waals surface area (Å²) < 4.78 is 5.55. The third-order valence-corrected chi connectivity index (χ3v) is 7.90. The van der Waals surface area contributed by atoms with E-state index in [1.54, 1.807) is 0 Å². The van der Waals surface area contributed by atoms with Crippen molar-refractivity contribution in [3.8, 4) is 0 Å². The van der Waals surface area contributed by atoms with E-state index in [1.807, 2.05) is 0 Å². The first kappa shape index (κ1) is 20.5. The Kier molecular flexibility index (Phi) is 6.13. The highest BCUT2D eigenvalue weighted by Gasteiger charge is 2.60. The van der Waals surface area contributed by atoms with Crippen molar-refractivity contribution in [2.75, 3.05) is 0 Å². The van der Waals surface area contributed by atoms with Gasteiger partial charge in [0, 0.05) is 5.41 Å². The Bertz CT molecular complexity index is 478. The fraction of sp³-hybridized carbons (Fsp3) is 0.952. The molecule has 0 aromatic rings. The molecular weight excluding hydrogens is 314 g/mol. The average Bonchev–Trinajstić information content (AvgIpc) is 2.52. The van der Waals surface area contributed by atoms with E-state index in [2.05, 4.69) is 41.5 Å². The van der Waals surface area contributed by atoms with Crippen molar-refractivity contribution >= 4 is 6.09 Å². The van der Waals surface area contributed by atoms with Crippen molar-refractivity contribution in [3.05, 3.63) is 0 Å². The monoisotopic (exact) mass is 353 g/mol. The van der Waals surface area contributed by atoms with Crippen molar-refractivity contribution in [2.45, 2.75) is 92.3 Å². The zero-order valence-electron chi connectivity index (χ0n) is 17.0. The van der Waals surface area contributed by atoms with E-state index in [9.17, 15) is 9.90 Å². The zero-order valence-corrected chi connectivity index (χ0v) is 17.0. The van der Waals surface area contributed by atoms with Gasteiger partial charge in [0.05, 0.1) is 6.10 Å². The summed E-state index contributed by atoms with van der Waals surface area (Å²) in [5.41, 5.74) is 5.38. The Morgan fingerprint density at radius 3 is 2.56 bits per heavy atom. The van der Waals surface area contributed by atoms with Crippen LogP contribution in [0.3, 0.4) is 0 Å². The molecule has 1 amide bonds. The maximum absolute atomic E-state index is 11.4. The van der Waals surface area contributed by atoms with Crippen molar-refractivity contribution in [1.82, 2.24) is 0 Å². The molecular formula is C21H39NO3. The molecule has 0 radical (unpaired) electrons. The third kappa shape index (κ3) is 3.84. The number of hydrogen-bond donors (Lipinski definition) is 2. The second kappa shape index (κ2) is 7.46. The average molecular weight is 354 g/mol. The minimum atomic E-state index is -0.671. The van der Waals surface area contributed by atoms with E-state index in [0.29, 0.717) is 17.8 Å². The van der Waals surface area contributed by atoms with Crippen LogP contribution in [-0.2, 0) is 4.74 Å². The molecule has 0 bridgehead atoms. The number of rotatable bonds is 5. The molecule has 0 aromatic carbocycles. The third-order valence-electron chi connectivity index (χ3n) is 7.90. The van der Waals surface area contributed by atoms with Gasteiger partial charge in [0.1, 0.15) is 6.10 Å². The van der Waals surface area contributed by atoms with Crippen LogP contribution in [0.15, 0.2) is 0 Å². The van der Waals surface area contributed by atoms with Crippen LogP contribution in [0.25, 0.3) is 0 Å². The normalized spacial score (nSPS) is 41.6. The van der Waals surface area contributed by atoms with Gasteiger partial charge < -0.3 is 15.6 Å². The summed E-state index contributed by atoms with van der Waals surface area (Å²) in [6.45, 7) is 13.6. The van der Waals surface area contributed by atoms with E-state index < -0.39 is 6.09 Å². The van der Waals surface area contributed by atoms with Crippen LogP contribution in [-0.4, -0.2) is 23.4 Å². The molecule has 2 aliphatic rings. The number of aliphatic hydroxyl groups is 1. The summed E-state index contributed by atoms with van der Waals surface area (Å²) in [4.78, 5) is 11.4. The Morgan fingerprint density at radius 2 is 2.00 bits per heavy atom. The first-order valence-electron chi connectivity index (χ1n) is 10.2. The van der Waals surface area contributed by atoms with Crippen LogP contribution >= 0.6 is 0 Å². The number of carbonyl (C=O) groups excluding carboxylic acids is 1. The van der Waals surface area contributed by atoms with Gasteiger partial charge in [0.25, 0.3) is 0 Å². The highest BCUT2D eigenvalue weighted by Crippen LogP contribution is 2.62. The van der Waals surface area contributed by atoms with Crippen molar-refractivity contribution < 1.29 is 14.6 Å². The van der Waals surface area contributed by atoms with Crippen LogP contribution in [0.1, 0.15) is 80.1 Å². The molecule has 4 heteroatoms. The topological polar surface area (TPSA) is 72.5 Å². The molecule has 4 nitrogen and oxygen atoms in total. The summed E-state index contributed by atoms with van der Waals surface area (Å²) in [7, 11) is 0. The Balaban J connectivity index is 2.36. The van der Waals surface area contributed by atoms with Gasteiger partial charge in [-0.05, 0) is 54.8 Å². The fourth-order valence-corrected chi connectivity index (χ4v) is 5.97. The maximum Gasteiger partial charge on any atom is 0.404 e. The Morgan fingerprint density at radius 1 is 1.36 bits per heavy atom. The van der Waals surface area contributed by atoms with Crippen LogP contribution in [0.2, 0.25) is 0 Å². The lowest BCUT2D eigenvalue weighted by Crippen LogP contribution is -2.61. The summed E-state index contributed by atoms with van der Waals surface area (Å²) in [5, 5.41) is 11.0. The zero-order chi connectivity index (χ0) is 19.0. The lowest BCUT2D eigenvalue weighted by atomic mass is 9.44. The van der Waals surface area contributed by atoms with Gasteiger partial charge in [-0.1, -0.05) is 54.4 Å². The SMILES string of the molecule is CC[C@@H](C)CC[C@H]1[C@@H](C)[C@H](OC(N)=O)C[C@H]2C(C)(C)CCC(O)[C@]12C. The number of carbonyl (C=O) groups is 1. The standard InChI is InChI=1S/C21H39NO3/c1-7-13(2)8-9-15-14(3)16(25-19(22)24)12-17-20(4,5)11-10-18(23)21(15,17)6/h13-18,23H,7-12H2,1-6H3,(H2,22,24)/t13-,14-,15+,16-,17+,18?,21-/m1/s1. The molecule has 0 heterocycles. The van der Waals surface area contributed by atoms with Crippen molar-refractivity contribution in [1.29, 1.82) is 0 Å². The van der Waals surface area contributed by atoms with Crippen LogP contribution in [0.4, 0.5) is 4.79 Å². The predicted molar refractivity (Wildman–Crippen MR) is 101 cm³/mol. The number of aliphatic hydroxyl groups excluding tert-OH is 1. The predicted octanol–water partition coefficient (Wildman–Crippen LogP) is 4.74. The number of fused-ring (bicyclic) bond motifs is 1. The van der Waals surface area contributed by atoms with Gasteiger partial charge in [0.15, 0.2) is 0 Å². The summed E-state index contributed by atoms with van der Waals surface area (Å²) >= 11 is 0. The van der Waals surface area contributed by atoms with Crippen LogP contribution < -0.4 is 5.73 Å². The van der Waals surface area contributed by atoms with E-state index in [-0.39, 0.29) is 29.0 Å². The largest absolute Gasteiger partial charge is 0.446 e. The van der Waals surface area contributed by atoms with Crippen LogP contribution in [0, 0.1) is 34.5 Å². The molecule has 0 aliphatic heterocycles. The smallest absolute Gasteiger partial charge is 0.404 e. The number of nitrogens with two attached hydrogens (primary N) is 1. The van der Waals surface area contributed by atoms with Gasteiger partial charge in [-0.25, -0.2) is 4.79 Å². The number of primary amides is 1. The van der Waals surface area contributed by atoms with Gasteiger partial charge in [-0.3, -0.25) is 0 Å². The van der Waals surface area contributed by atoms with Gasteiger partial charge >= 0.3 is 6.09 Å². The lowest BCUT2D eigenvalue weighted by Gasteiger charge is -2.62. The van der Waals surface area contributed by atoms with E-state index in [1.165, 1.54) is 6.42 Å². The molecule has 1 unspecified atom stereocenters. The Labute approximate surface area is 153 Å². The summed E-state index contributed by atoms with van der Waals surface area (Å²) in [6.07, 6.45) is 5.03. The molecule has 0 saturated heterocycles. The van der Waals surface area contributed by atoms with E-state index >= 15 is 0 Å². The minimum absolute atomic E-state index is 0.119.